The summed E-state index contributed by atoms with van der Waals surface area (Å²) in [6.45, 7) is 2.87. The molecular weight excluding hydrogens is 282 g/mol. The summed E-state index contributed by atoms with van der Waals surface area (Å²) in [5, 5.41) is 23.4. The summed E-state index contributed by atoms with van der Waals surface area (Å²) in [6.07, 6.45) is 0. The molecule has 0 aliphatic carbocycles. The minimum Gasteiger partial charge on any atom is -0.466 e. The van der Waals surface area contributed by atoms with Gasteiger partial charge in [0.15, 0.2) is 0 Å². The van der Waals surface area contributed by atoms with Crippen LogP contribution in [0.2, 0.25) is 0 Å². The van der Waals surface area contributed by atoms with Gasteiger partial charge in [0, 0.05) is 0 Å². The first-order valence-electron chi connectivity index (χ1n) is 5.87. The van der Waals surface area contributed by atoms with Crippen molar-refractivity contribution in [1.82, 2.24) is 25.0 Å². The molecular formula is C10H13N7O4. The van der Waals surface area contributed by atoms with Gasteiger partial charge in [0.25, 0.3) is 0 Å². The summed E-state index contributed by atoms with van der Waals surface area (Å²) < 4.78 is 6.02. The summed E-state index contributed by atoms with van der Waals surface area (Å²) in [6, 6.07) is 0.0899. The van der Waals surface area contributed by atoms with Crippen LogP contribution in [0.5, 0.6) is 6.01 Å². The molecule has 0 radical (unpaired) electrons. The standard InChI is InChI=1S/C10H13N7O4/c1-5-8(17(19)20)6(2)16(15-5)4-7(18)11-9-12-10(21-3)14-13-9/h4H2,1-3H3,(H2,11,12,13,14,18). The molecule has 0 atom stereocenters. The summed E-state index contributed by atoms with van der Waals surface area (Å²) >= 11 is 0. The average molecular weight is 295 g/mol. The molecule has 1 amide bonds. The Morgan fingerprint density at radius 2 is 2.24 bits per heavy atom. The number of nitro groups is 1. The highest BCUT2D eigenvalue weighted by atomic mass is 16.6. The number of nitrogens with one attached hydrogen (secondary N) is 2. The first kappa shape index (κ1) is 14.4. The predicted molar refractivity (Wildman–Crippen MR) is 69.9 cm³/mol. The number of methoxy groups -OCH3 is 1. The lowest BCUT2D eigenvalue weighted by Gasteiger charge is -2.03. The molecule has 0 saturated heterocycles. The summed E-state index contributed by atoms with van der Waals surface area (Å²) in [4.78, 5) is 26.0. The van der Waals surface area contributed by atoms with Gasteiger partial charge in [-0.15, -0.1) is 5.10 Å². The summed E-state index contributed by atoms with van der Waals surface area (Å²) in [7, 11) is 1.39. The van der Waals surface area contributed by atoms with Gasteiger partial charge >= 0.3 is 11.7 Å². The molecule has 0 aliphatic heterocycles. The molecule has 11 nitrogen and oxygen atoms in total. The van der Waals surface area contributed by atoms with Crippen molar-refractivity contribution in [3.05, 3.63) is 21.5 Å². The van der Waals surface area contributed by atoms with Crippen molar-refractivity contribution in [2.75, 3.05) is 12.4 Å². The zero-order valence-corrected chi connectivity index (χ0v) is 11.6. The zero-order chi connectivity index (χ0) is 15.6. The number of anilines is 1. The van der Waals surface area contributed by atoms with Crippen LogP contribution in [0, 0.1) is 24.0 Å². The highest BCUT2D eigenvalue weighted by molar-refractivity contribution is 5.88. The number of hydrogen-bond donors (Lipinski definition) is 2. The fourth-order valence-electron chi connectivity index (χ4n) is 1.81. The van der Waals surface area contributed by atoms with Crippen LogP contribution in [-0.4, -0.2) is 42.9 Å². The Morgan fingerprint density at radius 1 is 1.52 bits per heavy atom. The third-order valence-electron chi connectivity index (χ3n) is 2.72. The fourth-order valence-corrected chi connectivity index (χ4v) is 1.81. The van der Waals surface area contributed by atoms with Gasteiger partial charge in [0.1, 0.15) is 17.9 Å². The number of carbonyl (C=O) groups excluding carboxylic acids is 1. The lowest BCUT2D eigenvalue weighted by Crippen LogP contribution is -2.21. The topological polar surface area (TPSA) is 141 Å². The van der Waals surface area contributed by atoms with E-state index in [2.05, 4.69) is 25.6 Å². The number of aromatic amines is 1. The Morgan fingerprint density at radius 3 is 2.76 bits per heavy atom. The van der Waals surface area contributed by atoms with Gasteiger partial charge in [-0.25, -0.2) is 5.10 Å². The molecule has 21 heavy (non-hydrogen) atoms. The van der Waals surface area contributed by atoms with E-state index >= 15 is 0 Å². The number of nitrogens with zero attached hydrogens (tertiary/aromatic N) is 5. The quantitative estimate of drug-likeness (QED) is 0.591. The van der Waals surface area contributed by atoms with E-state index in [1.165, 1.54) is 25.6 Å². The van der Waals surface area contributed by atoms with Crippen LogP contribution in [0.25, 0.3) is 0 Å². The van der Waals surface area contributed by atoms with Crippen LogP contribution in [0.3, 0.4) is 0 Å². The largest absolute Gasteiger partial charge is 0.466 e. The maximum atomic E-state index is 11.9. The van der Waals surface area contributed by atoms with Crippen LogP contribution in [0.15, 0.2) is 0 Å². The van der Waals surface area contributed by atoms with Crippen molar-refractivity contribution in [2.24, 2.45) is 0 Å². The van der Waals surface area contributed by atoms with Gasteiger partial charge in [-0.05, 0) is 13.8 Å². The van der Waals surface area contributed by atoms with E-state index in [9.17, 15) is 14.9 Å². The van der Waals surface area contributed by atoms with Gasteiger partial charge in [0.2, 0.25) is 11.9 Å². The molecule has 2 aromatic rings. The number of aromatic nitrogens is 5. The number of H-pyrrole nitrogens is 1. The van der Waals surface area contributed by atoms with Crippen molar-refractivity contribution in [1.29, 1.82) is 0 Å². The van der Waals surface area contributed by atoms with Crippen LogP contribution in [-0.2, 0) is 11.3 Å². The minimum atomic E-state index is -0.520. The first-order chi connectivity index (χ1) is 9.92. The van der Waals surface area contributed by atoms with Crippen LogP contribution in [0.1, 0.15) is 11.4 Å². The molecule has 112 valence electrons. The molecule has 2 heterocycles. The molecule has 0 bridgehead atoms. The van der Waals surface area contributed by atoms with Crippen molar-refractivity contribution in [3.63, 3.8) is 0 Å². The Bertz CT molecular complexity index is 690. The van der Waals surface area contributed by atoms with Crippen molar-refractivity contribution in [3.8, 4) is 6.01 Å². The second kappa shape index (κ2) is 5.56. The first-order valence-corrected chi connectivity index (χ1v) is 5.87. The third kappa shape index (κ3) is 2.96. The molecule has 2 aromatic heterocycles. The maximum Gasteiger partial charge on any atom is 0.336 e. The Hall–Kier alpha value is -2.98. The predicted octanol–water partition coefficient (Wildman–Crippen LogP) is 0.174. The average Bonchev–Trinajstić information content (AvgIpc) is 2.94. The van der Waals surface area contributed by atoms with Crippen molar-refractivity contribution >= 4 is 17.5 Å². The molecule has 2 N–H and O–H groups in total. The van der Waals surface area contributed by atoms with E-state index in [0.717, 1.165) is 0 Å². The SMILES string of the molecule is COc1n[nH]c(NC(=O)Cn2nc(C)c([N+](=O)[O-])c2C)n1. The number of amides is 1. The summed E-state index contributed by atoms with van der Waals surface area (Å²) in [5.41, 5.74) is 0.471. The second-order valence-electron chi connectivity index (χ2n) is 4.15. The molecule has 0 saturated carbocycles. The molecule has 0 unspecified atom stereocenters. The Balaban J connectivity index is 2.09. The smallest absolute Gasteiger partial charge is 0.336 e. The van der Waals surface area contributed by atoms with Gasteiger partial charge in [-0.1, -0.05) is 0 Å². The van der Waals surface area contributed by atoms with E-state index in [1.54, 1.807) is 0 Å². The van der Waals surface area contributed by atoms with Crippen LogP contribution < -0.4 is 10.1 Å². The van der Waals surface area contributed by atoms with E-state index < -0.39 is 10.8 Å². The minimum absolute atomic E-state index is 0.0899. The Labute approximate surface area is 118 Å². The molecule has 0 aliphatic rings. The van der Waals surface area contributed by atoms with E-state index in [0.29, 0.717) is 5.69 Å². The highest BCUT2D eigenvalue weighted by Gasteiger charge is 2.22. The second-order valence-corrected chi connectivity index (χ2v) is 4.15. The van der Waals surface area contributed by atoms with E-state index in [1.807, 2.05) is 0 Å². The molecule has 11 heteroatoms. The number of ether oxygens (including phenoxy) is 1. The van der Waals surface area contributed by atoms with Gasteiger partial charge < -0.3 is 4.74 Å². The van der Waals surface area contributed by atoms with Gasteiger partial charge in [-0.3, -0.25) is 24.9 Å². The molecule has 0 fully saturated rings. The van der Waals surface area contributed by atoms with E-state index in [4.69, 9.17) is 4.74 Å². The molecule has 0 spiro atoms. The lowest BCUT2D eigenvalue weighted by molar-refractivity contribution is -0.386. The monoisotopic (exact) mass is 295 g/mol. The third-order valence-corrected chi connectivity index (χ3v) is 2.72. The maximum absolute atomic E-state index is 11.9. The van der Waals surface area contributed by atoms with Crippen molar-refractivity contribution in [2.45, 2.75) is 20.4 Å². The lowest BCUT2D eigenvalue weighted by atomic mass is 10.3. The van der Waals surface area contributed by atoms with Crippen LogP contribution >= 0.6 is 0 Å². The molecule has 0 aromatic carbocycles. The number of carbonyl (C=O) groups is 1. The van der Waals surface area contributed by atoms with Gasteiger partial charge in [0.05, 0.1) is 12.0 Å². The van der Waals surface area contributed by atoms with Gasteiger partial charge in [-0.2, -0.15) is 10.1 Å². The van der Waals surface area contributed by atoms with E-state index in [-0.39, 0.29) is 29.9 Å². The highest BCUT2D eigenvalue weighted by Crippen LogP contribution is 2.21. The number of rotatable bonds is 5. The summed E-state index contributed by atoms with van der Waals surface area (Å²) in [5.74, 6) is -0.331. The van der Waals surface area contributed by atoms with Crippen molar-refractivity contribution < 1.29 is 14.5 Å². The zero-order valence-electron chi connectivity index (χ0n) is 11.6. The normalized spacial score (nSPS) is 10.4. The molecule has 2 rings (SSSR count). The Kier molecular flexibility index (Phi) is 3.82. The van der Waals surface area contributed by atoms with Crippen LogP contribution in [0.4, 0.5) is 11.6 Å². The number of aryl methyl sites for hydroxylation is 1. The fraction of sp³-hybridized carbons (Fsp3) is 0.400. The number of hydrogen-bond acceptors (Lipinski definition) is 7.